The minimum atomic E-state index is -0.439. The molecule has 0 fully saturated rings. The van der Waals surface area contributed by atoms with E-state index in [1.54, 1.807) is 32.2 Å². The second-order valence-corrected chi connectivity index (χ2v) is 6.53. The molecule has 0 saturated carbocycles. The third-order valence-electron chi connectivity index (χ3n) is 3.82. The number of rotatable bonds is 8. The summed E-state index contributed by atoms with van der Waals surface area (Å²) in [6, 6.07) is 13.0. The lowest BCUT2D eigenvalue weighted by Gasteiger charge is -2.12. The number of hydrogen-bond acceptors (Lipinski definition) is 4. The SMILES string of the molecule is CCOC(=O)c1ccc(NC(=S)NCCCc2ccccc2OC)cc1Cl. The van der Waals surface area contributed by atoms with Crippen LogP contribution in [0.1, 0.15) is 29.3 Å². The van der Waals surface area contributed by atoms with Gasteiger partial charge in [-0.25, -0.2) is 4.79 Å². The molecule has 0 bridgehead atoms. The number of aryl methyl sites for hydroxylation is 1. The Morgan fingerprint density at radius 1 is 1.22 bits per heavy atom. The Hall–Kier alpha value is -2.31. The monoisotopic (exact) mass is 406 g/mol. The standard InChI is InChI=1S/C20H23ClN2O3S/c1-3-26-19(24)16-11-10-15(13-17(16)21)23-20(27)22-12-6-8-14-7-4-5-9-18(14)25-2/h4-5,7,9-11,13H,3,6,8,12H2,1-2H3,(H2,22,23,27). The minimum absolute atomic E-state index is 0.304. The molecule has 0 amide bonds. The summed E-state index contributed by atoms with van der Waals surface area (Å²) < 4.78 is 10.3. The van der Waals surface area contributed by atoms with E-state index in [4.69, 9.17) is 33.3 Å². The van der Waals surface area contributed by atoms with Crippen LogP contribution in [-0.4, -0.2) is 31.3 Å². The molecule has 0 aliphatic carbocycles. The molecule has 0 aliphatic rings. The van der Waals surface area contributed by atoms with Crippen molar-refractivity contribution in [3.05, 3.63) is 58.6 Å². The largest absolute Gasteiger partial charge is 0.496 e. The summed E-state index contributed by atoms with van der Waals surface area (Å²) in [5.41, 5.74) is 2.21. The van der Waals surface area contributed by atoms with E-state index in [2.05, 4.69) is 16.7 Å². The highest BCUT2D eigenvalue weighted by Crippen LogP contribution is 2.22. The molecule has 144 valence electrons. The van der Waals surface area contributed by atoms with Gasteiger partial charge in [0.15, 0.2) is 5.11 Å². The van der Waals surface area contributed by atoms with Crippen molar-refractivity contribution in [2.45, 2.75) is 19.8 Å². The van der Waals surface area contributed by atoms with Crippen molar-refractivity contribution in [3.63, 3.8) is 0 Å². The maximum atomic E-state index is 11.8. The number of hydrogen-bond donors (Lipinski definition) is 2. The Labute approximate surface area is 170 Å². The van der Waals surface area contributed by atoms with Crippen LogP contribution in [0.4, 0.5) is 5.69 Å². The molecule has 2 rings (SSSR count). The van der Waals surface area contributed by atoms with Crippen molar-refractivity contribution in [2.24, 2.45) is 0 Å². The fourth-order valence-electron chi connectivity index (χ4n) is 2.53. The van der Waals surface area contributed by atoms with Gasteiger partial charge in [-0.3, -0.25) is 0 Å². The fourth-order valence-corrected chi connectivity index (χ4v) is 3.01. The number of carbonyl (C=O) groups is 1. The molecule has 2 N–H and O–H groups in total. The second kappa shape index (κ2) is 10.7. The Morgan fingerprint density at radius 3 is 2.70 bits per heavy atom. The van der Waals surface area contributed by atoms with Gasteiger partial charge in [-0.1, -0.05) is 29.8 Å². The van der Waals surface area contributed by atoms with Crippen LogP contribution in [0, 0.1) is 0 Å². The lowest BCUT2D eigenvalue weighted by atomic mass is 10.1. The fraction of sp³-hybridized carbons (Fsp3) is 0.300. The Kier molecular flexibility index (Phi) is 8.36. The predicted octanol–water partition coefficient (Wildman–Crippen LogP) is 4.44. The van der Waals surface area contributed by atoms with Crippen molar-refractivity contribution >= 4 is 40.6 Å². The molecule has 0 atom stereocenters. The summed E-state index contributed by atoms with van der Waals surface area (Å²) in [6.07, 6.45) is 1.80. The molecule has 2 aromatic carbocycles. The van der Waals surface area contributed by atoms with Gasteiger partial charge in [-0.2, -0.15) is 0 Å². The number of para-hydroxylation sites is 1. The lowest BCUT2D eigenvalue weighted by Crippen LogP contribution is -2.29. The topological polar surface area (TPSA) is 59.6 Å². The van der Waals surface area contributed by atoms with Gasteiger partial charge in [0.05, 0.1) is 24.3 Å². The summed E-state index contributed by atoms with van der Waals surface area (Å²) in [4.78, 5) is 11.8. The van der Waals surface area contributed by atoms with Crippen molar-refractivity contribution in [1.82, 2.24) is 5.32 Å². The molecular weight excluding hydrogens is 384 g/mol. The van der Waals surface area contributed by atoms with Crippen LogP contribution in [0.5, 0.6) is 5.75 Å². The zero-order valence-electron chi connectivity index (χ0n) is 15.4. The van der Waals surface area contributed by atoms with Crippen LogP contribution in [0.3, 0.4) is 0 Å². The first-order valence-corrected chi connectivity index (χ1v) is 9.47. The number of esters is 1. The van der Waals surface area contributed by atoms with E-state index in [9.17, 15) is 4.79 Å². The first-order chi connectivity index (χ1) is 13.0. The van der Waals surface area contributed by atoms with Gasteiger partial charge >= 0.3 is 5.97 Å². The highest BCUT2D eigenvalue weighted by Gasteiger charge is 2.12. The Morgan fingerprint density at radius 2 is 2.00 bits per heavy atom. The molecule has 0 aliphatic heterocycles. The zero-order valence-corrected chi connectivity index (χ0v) is 17.0. The Balaban J connectivity index is 1.80. The summed E-state index contributed by atoms with van der Waals surface area (Å²) in [5.74, 6) is 0.459. The highest BCUT2D eigenvalue weighted by molar-refractivity contribution is 7.80. The third-order valence-corrected chi connectivity index (χ3v) is 4.38. The molecule has 2 aromatic rings. The van der Waals surface area contributed by atoms with Gasteiger partial charge in [-0.05, 0) is 61.8 Å². The summed E-state index contributed by atoms with van der Waals surface area (Å²) in [6.45, 7) is 2.77. The molecule has 5 nitrogen and oxygen atoms in total. The molecule has 0 heterocycles. The minimum Gasteiger partial charge on any atom is -0.496 e. The molecule has 0 unspecified atom stereocenters. The number of nitrogens with one attached hydrogen (secondary N) is 2. The van der Waals surface area contributed by atoms with Gasteiger partial charge in [-0.15, -0.1) is 0 Å². The maximum Gasteiger partial charge on any atom is 0.339 e. The zero-order chi connectivity index (χ0) is 19.6. The van der Waals surface area contributed by atoms with E-state index in [0.717, 1.165) is 25.1 Å². The van der Waals surface area contributed by atoms with Crippen molar-refractivity contribution in [1.29, 1.82) is 0 Å². The van der Waals surface area contributed by atoms with Crippen LogP contribution in [-0.2, 0) is 11.2 Å². The molecule has 0 aromatic heterocycles. The van der Waals surface area contributed by atoms with E-state index in [1.165, 1.54) is 5.56 Å². The summed E-state index contributed by atoms with van der Waals surface area (Å²) >= 11 is 11.5. The van der Waals surface area contributed by atoms with E-state index >= 15 is 0 Å². The van der Waals surface area contributed by atoms with E-state index in [0.29, 0.717) is 28.0 Å². The molecular formula is C20H23ClN2O3S. The summed E-state index contributed by atoms with van der Waals surface area (Å²) in [5, 5.41) is 7.03. The molecule has 27 heavy (non-hydrogen) atoms. The van der Waals surface area contributed by atoms with E-state index < -0.39 is 5.97 Å². The van der Waals surface area contributed by atoms with Crippen molar-refractivity contribution in [3.8, 4) is 5.75 Å². The first kappa shape index (κ1) is 21.0. The molecule has 7 heteroatoms. The van der Waals surface area contributed by atoms with E-state index in [1.807, 2.05) is 18.2 Å². The van der Waals surface area contributed by atoms with Crippen molar-refractivity contribution < 1.29 is 14.3 Å². The Bertz CT molecular complexity index is 799. The smallest absolute Gasteiger partial charge is 0.339 e. The molecule has 0 spiro atoms. The number of methoxy groups -OCH3 is 1. The van der Waals surface area contributed by atoms with Crippen molar-refractivity contribution in [2.75, 3.05) is 25.6 Å². The number of carbonyl (C=O) groups excluding carboxylic acids is 1. The van der Waals surface area contributed by atoms with Gasteiger partial charge in [0, 0.05) is 12.2 Å². The predicted molar refractivity (Wildman–Crippen MR) is 113 cm³/mol. The van der Waals surface area contributed by atoms with Gasteiger partial charge < -0.3 is 20.1 Å². The summed E-state index contributed by atoms with van der Waals surface area (Å²) in [7, 11) is 1.68. The lowest BCUT2D eigenvalue weighted by molar-refractivity contribution is 0.0526. The van der Waals surface area contributed by atoms with Gasteiger partial charge in [0.25, 0.3) is 0 Å². The van der Waals surface area contributed by atoms with Crippen LogP contribution >= 0.6 is 23.8 Å². The quantitative estimate of drug-likeness (QED) is 0.384. The number of anilines is 1. The van der Waals surface area contributed by atoms with Crippen LogP contribution in [0.2, 0.25) is 5.02 Å². The number of benzene rings is 2. The highest BCUT2D eigenvalue weighted by atomic mass is 35.5. The van der Waals surface area contributed by atoms with Crippen LogP contribution in [0.25, 0.3) is 0 Å². The number of halogens is 1. The first-order valence-electron chi connectivity index (χ1n) is 8.68. The number of ether oxygens (including phenoxy) is 2. The van der Waals surface area contributed by atoms with Gasteiger partial charge in [0.2, 0.25) is 0 Å². The second-order valence-electron chi connectivity index (χ2n) is 5.71. The third kappa shape index (κ3) is 6.41. The molecule has 0 radical (unpaired) electrons. The number of thiocarbonyl (C=S) groups is 1. The average Bonchev–Trinajstić information content (AvgIpc) is 2.65. The van der Waals surface area contributed by atoms with Crippen LogP contribution < -0.4 is 15.4 Å². The van der Waals surface area contributed by atoms with Gasteiger partial charge in [0.1, 0.15) is 5.75 Å². The average molecular weight is 407 g/mol. The van der Waals surface area contributed by atoms with E-state index in [-0.39, 0.29) is 0 Å². The van der Waals surface area contributed by atoms with Crippen LogP contribution in [0.15, 0.2) is 42.5 Å². The molecule has 0 saturated heterocycles. The normalized spacial score (nSPS) is 10.2. The maximum absolute atomic E-state index is 11.8.